The van der Waals surface area contributed by atoms with Crippen LogP contribution in [0.15, 0.2) is 54.0 Å². The third kappa shape index (κ3) is 5.71. The van der Waals surface area contributed by atoms with Crippen molar-refractivity contribution in [2.45, 2.75) is 13.0 Å². The number of nitrogens with zero attached hydrogens (tertiary/aromatic N) is 2. The first kappa shape index (κ1) is 21.6. The monoisotopic (exact) mass is 426 g/mol. The van der Waals surface area contributed by atoms with Gasteiger partial charge in [0.2, 0.25) is 5.88 Å². The SMILES string of the molecule is COc1cc(C)ccc1Oc1ccc(NC(=O)NC[C@H](c2cccs2)N(C)C)cn1. The molecule has 3 rings (SSSR count). The van der Waals surface area contributed by atoms with E-state index in [-0.39, 0.29) is 12.1 Å². The quantitative estimate of drug-likeness (QED) is 0.547. The normalized spacial score (nSPS) is 11.8. The molecule has 2 aromatic heterocycles. The van der Waals surface area contributed by atoms with E-state index in [1.54, 1.807) is 36.8 Å². The van der Waals surface area contributed by atoms with E-state index in [4.69, 9.17) is 9.47 Å². The van der Waals surface area contributed by atoms with E-state index < -0.39 is 0 Å². The Labute approximate surface area is 180 Å². The van der Waals surface area contributed by atoms with Gasteiger partial charge in [-0.1, -0.05) is 12.1 Å². The van der Waals surface area contributed by atoms with Gasteiger partial charge in [-0.15, -0.1) is 11.3 Å². The summed E-state index contributed by atoms with van der Waals surface area (Å²) >= 11 is 1.67. The summed E-state index contributed by atoms with van der Waals surface area (Å²) in [7, 11) is 5.59. The Morgan fingerprint density at radius 3 is 2.67 bits per heavy atom. The van der Waals surface area contributed by atoms with Crippen molar-refractivity contribution in [3.63, 3.8) is 0 Å². The minimum absolute atomic E-state index is 0.120. The predicted molar refractivity (Wildman–Crippen MR) is 120 cm³/mol. The number of likely N-dealkylation sites (N-methyl/N-ethyl adjacent to an activating group) is 1. The van der Waals surface area contributed by atoms with Crippen LogP contribution in [0.3, 0.4) is 0 Å². The smallest absolute Gasteiger partial charge is 0.319 e. The van der Waals surface area contributed by atoms with Gasteiger partial charge in [0.05, 0.1) is 25.0 Å². The lowest BCUT2D eigenvalue weighted by Crippen LogP contribution is -2.36. The molecule has 0 saturated carbocycles. The standard InChI is InChI=1S/C22H26N4O3S/c1-15-7-9-18(19(12-15)28-4)29-21-10-8-16(13-23-21)25-22(27)24-14-17(26(2)3)20-6-5-11-30-20/h5-13,17H,14H2,1-4H3,(H2,24,25,27)/t17-/m1/s1. The molecule has 2 N–H and O–H groups in total. The first-order valence-corrected chi connectivity index (χ1v) is 10.4. The van der Waals surface area contributed by atoms with E-state index in [2.05, 4.69) is 26.6 Å². The number of amides is 2. The number of thiophene rings is 1. The predicted octanol–water partition coefficient (Wildman–Crippen LogP) is 4.68. The van der Waals surface area contributed by atoms with Crippen LogP contribution in [0.4, 0.5) is 10.5 Å². The lowest BCUT2D eigenvalue weighted by molar-refractivity contribution is 0.244. The average Bonchev–Trinajstić information content (AvgIpc) is 3.25. The largest absolute Gasteiger partial charge is 0.493 e. The zero-order valence-electron chi connectivity index (χ0n) is 17.5. The number of carbonyl (C=O) groups is 1. The van der Waals surface area contributed by atoms with Crippen LogP contribution in [-0.4, -0.2) is 43.7 Å². The van der Waals surface area contributed by atoms with Crippen LogP contribution in [0.25, 0.3) is 0 Å². The second kappa shape index (κ2) is 10.1. The van der Waals surface area contributed by atoms with Gasteiger partial charge in [-0.2, -0.15) is 0 Å². The Morgan fingerprint density at radius 2 is 2.03 bits per heavy atom. The number of hydrogen-bond acceptors (Lipinski definition) is 6. The molecule has 1 atom stereocenters. The van der Waals surface area contributed by atoms with Crippen molar-refractivity contribution in [1.82, 2.24) is 15.2 Å². The summed E-state index contributed by atoms with van der Waals surface area (Å²) in [4.78, 5) is 19.8. The fourth-order valence-corrected chi connectivity index (χ4v) is 3.79. The molecule has 0 radical (unpaired) electrons. The molecule has 3 aromatic rings. The van der Waals surface area contributed by atoms with Crippen molar-refractivity contribution in [3.05, 3.63) is 64.5 Å². The van der Waals surface area contributed by atoms with E-state index in [1.807, 2.05) is 50.7 Å². The van der Waals surface area contributed by atoms with Crippen LogP contribution >= 0.6 is 11.3 Å². The topological polar surface area (TPSA) is 75.7 Å². The number of pyridine rings is 1. The molecule has 0 aliphatic carbocycles. The van der Waals surface area contributed by atoms with Crippen LogP contribution in [-0.2, 0) is 0 Å². The Bertz CT molecular complexity index is 959. The van der Waals surface area contributed by atoms with Gasteiger partial charge < -0.3 is 25.0 Å². The van der Waals surface area contributed by atoms with Crippen LogP contribution in [0.5, 0.6) is 17.4 Å². The van der Waals surface area contributed by atoms with E-state index in [9.17, 15) is 4.79 Å². The molecule has 2 amide bonds. The number of aryl methyl sites for hydroxylation is 1. The summed E-state index contributed by atoms with van der Waals surface area (Å²) in [6.45, 7) is 2.48. The van der Waals surface area contributed by atoms with Crippen molar-refractivity contribution in [2.75, 3.05) is 33.1 Å². The molecule has 8 heteroatoms. The molecule has 0 bridgehead atoms. The number of aromatic nitrogens is 1. The van der Waals surface area contributed by atoms with Crippen LogP contribution in [0.1, 0.15) is 16.5 Å². The highest BCUT2D eigenvalue weighted by atomic mass is 32.1. The van der Waals surface area contributed by atoms with Gasteiger partial charge in [0.25, 0.3) is 0 Å². The molecule has 0 aliphatic rings. The van der Waals surface area contributed by atoms with Gasteiger partial charge >= 0.3 is 6.03 Å². The van der Waals surface area contributed by atoms with Gasteiger partial charge in [-0.05, 0) is 56.2 Å². The summed E-state index contributed by atoms with van der Waals surface area (Å²) in [6.07, 6.45) is 1.55. The maximum atomic E-state index is 12.3. The third-order valence-corrected chi connectivity index (χ3v) is 5.45. The first-order chi connectivity index (χ1) is 14.5. The van der Waals surface area contributed by atoms with Crippen LogP contribution in [0, 0.1) is 6.92 Å². The molecule has 7 nitrogen and oxygen atoms in total. The molecule has 1 aromatic carbocycles. The Kier molecular flexibility index (Phi) is 7.26. The maximum absolute atomic E-state index is 12.3. The van der Waals surface area contributed by atoms with Gasteiger partial charge in [0, 0.05) is 17.5 Å². The molecular weight excluding hydrogens is 400 g/mol. The second-order valence-corrected chi connectivity index (χ2v) is 7.95. The summed E-state index contributed by atoms with van der Waals surface area (Å²) in [5.41, 5.74) is 1.65. The number of nitrogens with one attached hydrogen (secondary N) is 2. The van der Waals surface area contributed by atoms with E-state index in [0.717, 1.165) is 5.56 Å². The molecule has 30 heavy (non-hydrogen) atoms. The molecule has 0 aliphatic heterocycles. The summed E-state index contributed by atoms with van der Waals surface area (Å²) in [5, 5.41) is 7.74. The fraction of sp³-hybridized carbons (Fsp3) is 0.273. The number of rotatable bonds is 8. The highest BCUT2D eigenvalue weighted by Crippen LogP contribution is 2.31. The zero-order valence-corrected chi connectivity index (χ0v) is 18.3. The van der Waals surface area contributed by atoms with Gasteiger partial charge in [-0.25, -0.2) is 9.78 Å². The molecule has 0 fully saturated rings. The number of methoxy groups -OCH3 is 1. The lowest BCUT2D eigenvalue weighted by atomic mass is 10.2. The summed E-state index contributed by atoms with van der Waals surface area (Å²) in [5.74, 6) is 1.63. The molecule has 2 heterocycles. The number of ether oxygens (including phenoxy) is 2. The number of carbonyl (C=O) groups excluding carboxylic acids is 1. The zero-order chi connectivity index (χ0) is 21.5. The van der Waals surface area contributed by atoms with Gasteiger partial charge in [0.1, 0.15) is 0 Å². The maximum Gasteiger partial charge on any atom is 0.319 e. The molecule has 0 spiro atoms. The van der Waals surface area contributed by atoms with E-state index >= 15 is 0 Å². The molecule has 158 valence electrons. The second-order valence-electron chi connectivity index (χ2n) is 6.97. The summed E-state index contributed by atoms with van der Waals surface area (Å²) < 4.78 is 11.1. The van der Waals surface area contributed by atoms with Crippen LogP contribution in [0.2, 0.25) is 0 Å². The molecular formula is C22H26N4O3S. The molecule has 0 unspecified atom stereocenters. The van der Waals surface area contributed by atoms with E-state index in [0.29, 0.717) is 29.6 Å². The Hall–Kier alpha value is -3.10. The Morgan fingerprint density at radius 1 is 1.20 bits per heavy atom. The van der Waals surface area contributed by atoms with E-state index in [1.165, 1.54) is 4.88 Å². The van der Waals surface area contributed by atoms with Gasteiger partial charge in [0.15, 0.2) is 11.5 Å². The number of benzene rings is 1. The summed E-state index contributed by atoms with van der Waals surface area (Å²) in [6, 6.07) is 13.0. The average molecular weight is 427 g/mol. The van der Waals surface area contributed by atoms with Crippen molar-refractivity contribution in [2.24, 2.45) is 0 Å². The minimum Gasteiger partial charge on any atom is -0.493 e. The first-order valence-electron chi connectivity index (χ1n) is 9.49. The minimum atomic E-state index is -0.283. The number of anilines is 1. The fourth-order valence-electron chi connectivity index (χ4n) is 2.87. The Balaban J connectivity index is 1.55. The van der Waals surface area contributed by atoms with Crippen molar-refractivity contribution in [1.29, 1.82) is 0 Å². The number of urea groups is 1. The molecule has 0 saturated heterocycles. The third-order valence-electron chi connectivity index (χ3n) is 4.48. The highest BCUT2D eigenvalue weighted by Gasteiger charge is 2.16. The lowest BCUT2D eigenvalue weighted by Gasteiger charge is -2.23. The number of hydrogen-bond donors (Lipinski definition) is 2. The van der Waals surface area contributed by atoms with Crippen molar-refractivity contribution < 1.29 is 14.3 Å². The van der Waals surface area contributed by atoms with Crippen LogP contribution < -0.4 is 20.1 Å². The van der Waals surface area contributed by atoms with Crippen molar-refractivity contribution >= 4 is 23.1 Å². The van der Waals surface area contributed by atoms with Crippen molar-refractivity contribution in [3.8, 4) is 17.4 Å². The highest BCUT2D eigenvalue weighted by molar-refractivity contribution is 7.10. The van der Waals surface area contributed by atoms with Gasteiger partial charge in [-0.3, -0.25) is 0 Å².